The van der Waals surface area contributed by atoms with E-state index < -0.39 is 47.1 Å². The Morgan fingerprint density at radius 1 is 1.02 bits per heavy atom. The van der Waals surface area contributed by atoms with E-state index >= 15 is 0 Å². The fourth-order valence-electron chi connectivity index (χ4n) is 5.25. The fraction of sp³-hybridized carbons (Fsp3) is 0.545. The number of ether oxygens (including phenoxy) is 4. The Morgan fingerprint density at radius 3 is 2.30 bits per heavy atom. The van der Waals surface area contributed by atoms with E-state index in [9.17, 15) is 34.1 Å². The second kappa shape index (κ2) is 19.8. The molecule has 252 valence electrons. The molecule has 1 fully saturated rings. The van der Waals surface area contributed by atoms with Crippen molar-refractivity contribution >= 4 is 35.5 Å². The molecule has 1 amide bonds. The zero-order valence-electron chi connectivity index (χ0n) is 26.8. The SMILES string of the molecule is CCCC[C@H](NC(=O)OCc1ccc([N+](=O)[O-])cc1)C(=O)/C=C/[C@@H]1[C@@H](C/C=C\CCCC(=O)OC)[C@@H](OC(C)=O)C[C@H]1OC(C)=O. The van der Waals surface area contributed by atoms with Gasteiger partial charge in [0.1, 0.15) is 18.8 Å². The van der Waals surface area contributed by atoms with Crippen LogP contribution in [-0.4, -0.2) is 60.1 Å². The molecule has 13 nitrogen and oxygen atoms in total. The predicted octanol–water partition coefficient (Wildman–Crippen LogP) is 5.29. The first-order valence-corrected chi connectivity index (χ1v) is 15.4. The number of carbonyl (C=O) groups excluding carboxylic acids is 5. The average Bonchev–Trinajstić information content (AvgIpc) is 3.32. The molecule has 0 bridgehead atoms. The number of non-ortho nitro benzene ring substituents is 1. The van der Waals surface area contributed by atoms with E-state index in [1.807, 2.05) is 19.1 Å². The van der Waals surface area contributed by atoms with Crippen molar-refractivity contribution in [1.82, 2.24) is 5.32 Å². The molecule has 1 aromatic carbocycles. The van der Waals surface area contributed by atoms with E-state index in [0.29, 0.717) is 44.1 Å². The number of nitrogens with one attached hydrogen (secondary N) is 1. The van der Waals surface area contributed by atoms with Gasteiger partial charge in [-0.25, -0.2) is 4.79 Å². The number of nitro groups is 1. The second-order valence-electron chi connectivity index (χ2n) is 11.0. The smallest absolute Gasteiger partial charge is 0.408 e. The molecule has 0 aromatic heterocycles. The summed E-state index contributed by atoms with van der Waals surface area (Å²) < 4.78 is 21.1. The quantitative estimate of drug-likeness (QED) is 0.0417. The first-order valence-electron chi connectivity index (χ1n) is 15.4. The topological polar surface area (TPSA) is 177 Å². The minimum absolute atomic E-state index is 0.0866. The molecule has 46 heavy (non-hydrogen) atoms. The summed E-state index contributed by atoms with van der Waals surface area (Å²) in [4.78, 5) is 71.4. The number of benzene rings is 1. The number of ketones is 1. The van der Waals surface area contributed by atoms with Crippen LogP contribution in [0.4, 0.5) is 10.5 Å². The molecule has 0 unspecified atom stereocenters. The van der Waals surface area contributed by atoms with Crippen LogP contribution in [-0.2, 0) is 44.7 Å². The second-order valence-corrected chi connectivity index (χ2v) is 11.0. The number of hydrogen-bond donors (Lipinski definition) is 1. The van der Waals surface area contributed by atoms with Crippen LogP contribution in [0.15, 0.2) is 48.6 Å². The van der Waals surface area contributed by atoms with Crippen LogP contribution >= 0.6 is 0 Å². The van der Waals surface area contributed by atoms with Gasteiger partial charge in [-0.1, -0.05) is 38.0 Å². The summed E-state index contributed by atoms with van der Waals surface area (Å²) in [6.45, 7) is 4.40. The molecule has 0 radical (unpaired) electrons. The molecule has 0 aliphatic heterocycles. The minimum Gasteiger partial charge on any atom is -0.469 e. The van der Waals surface area contributed by atoms with Crippen molar-refractivity contribution in [3.63, 3.8) is 0 Å². The Morgan fingerprint density at radius 2 is 1.70 bits per heavy atom. The lowest BCUT2D eigenvalue weighted by molar-refractivity contribution is -0.384. The molecule has 5 atom stereocenters. The van der Waals surface area contributed by atoms with Crippen LogP contribution in [0.5, 0.6) is 0 Å². The van der Waals surface area contributed by atoms with Gasteiger partial charge in [0, 0.05) is 50.7 Å². The normalized spacial score (nSPS) is 19.8. The molecule has 2 rings (SSSR count). The van der Waals surface area contributed by atoms with Crippen LogP contribution in [0.3, 0.4) is 0 Å². The molecule has 1 aromatic rings. The monoisotopic (exact) mass is 644 g/mol. The minimum atomic E-state index is -0.883. The third-order valence-electron chi connectivity index (χ3n) is 7.54. The van der Waals surface area contributed by atoms with Crippen molar-refractivity contribution in [2.24, 2.45) is 11.8 Å². The molecule has 1 saturated carbocycles. The summed E-state index contributed by atoms with van der Waals surface area (Å²) in [5.41, 5.74) is 0.456. The van der Waals surface area contributed by atoms with E-state index in [0.717, 1.165) is 6.42 Å². The Hall–Kier alpha value is -4.55. The number of methoxy groups -OCH3 is 1. The molecule has 1 N–H and O–H groups in total. The van der Waals surface area contributed by atoms with Crippen molar-refractivity contribution in [3.05, 3.63) is 64.2 Å². The van der Waals surface area contributed by atoms with Gasteiger partial charge >= 0.3 is 24.0 Å². The number of unbranched alkanes of at least 4 members (excludes halogenated alkanes) is 2. The number of amides is 1. The van der Waals surface area contributed by atoms with E-state index in [-0.39, 0.29) is 36.4 Å². The average molecular weight is 645 g/mol. The van der Waals surface area contributed by atoms with Gasteiger partial charge in [0.25, 0.3) is 5.69 Å². The van der Waals surface area contributed by atoms with Crippen LogP contribution in [0.1, 0.15) is 77.7 Å². The van der Waals surface area contributed by atoms with E-state index in [1.54, 1.807) is 6.08 Å². The number of hydrogen-bond acceptors (Lipinski definition) is 11. The lowest BCUT2D eigenvalue weighted by atomic mass is 9.89. The highest BCUT2D eigenvalue weighted by Crippen LogP contribution is 2.40. The van der Waals surface area contributed by atoms with Crippen molar-refractivity contribution < 1.29 is 47.8 Å². The maximum atomic E-state index is 13.4. The standard InChI is InChI=1S/C33H44N2O11/c1-5-6-12-28(34-33(40)44-21-24-14-16-25(17-15-24)35(41)42)29(38)19-18-27-26(11-9-7-8-10-13-32(39)43-4)30(45-22(2)36)20-31(27)46-23(3)37/h7,9,14-19,26-28,30-31H,5-6,8,10-13,20-21H2,1-4H3,(H,34,40)/b9-7-,19-18+/t26-,27-,28+,30+,31-/m1/s1. The molecule has 0 heterocycles. The zero-order valence-corrected chi connectivity index (χ0v) is 26.8. The zero-order chi connectivity index (χ0) is 34.1. The van der Waals surface area contributed by atoms with Gasteiger partial charge in [-0.05, 0) is 49.5 Å². The molecular weight excluding hydrogens is 600 g/mol. The maximum Gasteiger partial charge on any atom is 0.408 e. The van der Waals surface area contributed by atoms with Gasteiger partial charge in [0.2, 0.25) is 0 Å². The molecule has 1 aliphatic rings. The Kier molecular flexibility index (Phi) is 16.2. The first kappa shape index (κ1) is 37.6. The van der Waals surface area contributed by atoms with Gasteiger partial charge in [-0.2, -0.15) is 0 Å². The van der Waals surface area contributed by atoms with E-state index in [2.05, 4.69) is 10.1 Å². The van der Waals surface area contributed by atoms with Gasteiger partial charge in [0.15, 0.2) is 5.78 Å². The summed E-state index contributed by atoms with van der Waals surface area (Å²) >= 11 is 0. The molecule has 0 saturated heterocycles. The van der Waals surface area contributed by atoms with Gasteiger partial charge in [-0.15, -0.1) is 0 Å². The highest BCUT2D eigenvalue weighted by Gasteiger charge is 2.45. The van der Waals surface area contributed by atoms with Crippen LogP contribution < -0.4 is 5.32 Å². The number of alkyl carbamates (subject to hydrolysis) is 1. The Labute approximate surface area is 268 Å². The number of nitro benzene ring substituents is 1. The van der Waals surface area contributed by atoms with Crippen LogP contribution in [0, 0.1) is 22.0 Å². The summed E-state index contributed by atoms with van der Waals surface area (Å²) in [5.74, 6) is -2.41. The van der Waals surface area contributed by atoms with Crippen LogP contribution in [0.2, 0.25) is 0 Å². The van der Waals surface area contributed by atoms with Crippen LogP contribution in [0.25, 0.3) is 0 Å². The van der Waals surface area contributed by atoms with Gasteiger partial charge in [-0.3, -0.25) is 29.3 Å². The number of esters is 3. The fourth-order valence-corrected chi connectivity index (χ4v) is 5.25. The third-order valence-corrected chi connectivity index (χ3v) is 7.54. The summed E-state index contributed by atoms with van der Waals surface area (Å²) in [6.07, 6.45) is 8.89. The van der Waals surface area contributed by atoms with Crippen molar-refractivity contribution in [2.75, 3.05) is 7.11 Å². The van der Waals surface area contributed by atoms with Crippen molar-refractivity contribution in [1.29, 1.82) is 0 Å². The number of allylic oxidation sites excluding steroid dienone is 2. The Balaban J connectivity index is 2.16. The van der Waals surface area contributed by atoms with E-state index in [1.165, 1.54) is 51.3 Å². The van der Waals surface area contributed by atoms with Crippen molar-refractivity contribution in [2.45, 2.75) is 97.0 Å². The third kappa shape index (κ3) is 13.2. The maximum absolute atomic E-state index is 13.4. The summed E-state index contributed by atoms with van der Waals surface area (Å²) in [7, 11) is 1.34. The molecule has 13 heteroatoms. The van der Waals surface area contributed by atoms with Gasteiger partial charge < -0.3 is 24.3 Å². The highest BCUT2D eigenvalue weighted by atomic mass is 16.6. The molecular formula is C33H44N2O11. The molecule has 0 spiro atoms. The number of rotatable bonds is 18. The number of nitrogens with zero attached hydrogens (tertiary/aromatic N) is 1. The first-order chi connectivity index (χ1) is 21.9. The summed E-state index contributed by atoms with van der Waals surface area (Å²) in [5, 5.41) is 13.5. The predicted molar refractivity (Wildman–Crippen MR) is 166 cm³/mol. The largest absolute Gasteiger partial charge is 0.469 e. The van der Waals surface area contributed by atoms with Gasteiger partial charge in [0.05, 0.1) is 18.1 Å². The number of carbonyl (C=O) groups is 5. The van der Waals surface area contributed by atoms with Crippen molar-refractivity contribution in [3.8, 4) is 0 Å². The lowest BCUT2D eigenvalue weighted by Gasteiger charge is -2.23. The van der Waals surface area contributed by atoms with E-state index in [4.69, 9.17) is 14.2 Å². The summed E-state index contributed by atoms with van der Waals surface area (Å²) in [6, 6.07) is 4.69. The lowest BCUT2D eigenvalue weighted by Crippen LogP contribution is -2.40. The Bertz CT molecular complexity index is 1260. The highest BCUT2D eigenvalue weighted by molar-refractivity contribution is 5.96. The molecule has 1 aliphatic carbocycles.